The van der Waals surface area contributed by atoms with Crippen molar-refractivity contribution in [3.8, 4) is 0 Å². The maximum Gasteiger partial charge on any atom is 0.193 e. The summed E-state index contributed by atoms with van der Waals surface area (Å²) in [6.07, 6.45) is 0. The third kappa shape index (κ3) is 2.93. The van der Waals surface area contributed by atoms with E-state index in [4.69, 9.17) is 11.6 Å². The molecule has 7 heteroatoms. The summed E-state index contributed by atoms with van der Waals surface area (Å²) in [7, 11) is 1.69. The van der Waals surface area contributed by atoms with E-state index in [1.54, 1.807) is 13.1 Å². The maximum atomic E-state index is 12.0. The highest BCUT2D eigenvalue weighted by Gasteiger charge is 2.17. The molecular formula is C11H9BrClN3OS. The van der Waals surface area contributed by atoms with Crippen LogP contribution in [0.25, 0.3) is 0 Å². The highest BCUT2D eigenvalue weighted by atomic mass is 79.9. The molecule has 0 N–H and O–H groups in total. The smallest absolute Gasteiger partial charge is 0.193 e. The van der Waals surface area contributed by atoms with Gasteiger partial charge >= 0.3 is 0 Å². The predicted octanol–water partition coefficient (Wildman–Crippen LogP) is 3.21. The number of benzene rings is 1. The fraction of sp³-hybridized carbons (Fsp3) is 0.182. The van der Waals surface area contributed by atoms with Gasteiger partial charge in [-0.25, -0.2) is 4.68 Å². The molecule has 2 rings (SSSR count). The molecular weight excluding hydrogens is 338 g/mol. The number of Topliss-reactive ketones (excluding diaryl/α,β-unsaturated/α-hetero) is 1. The van der Waals surface area contributed by atoms with E-state index in [9.17, 15) is 4.79 Å². The van der Waals surface area contributed by atoms with Crippen LogP contribution >= 0.6 is 39.3 Å². The van der Waals surface area contributed by atoms with E-state index in [1.807, 2.05) is 18.2 Å². The Morgan fingerprint density at radius 1 is 1.50 bits per heavy atom. The topological polar surface area (TPSA) is 47.8 Å². The Kier molecular flexibility index (Phi) is 4.42. The molecule has 0 saturated heterocycles. The van der Waals surface area contributed by atoms with Gasteiger partial charge in [-0.05, 0) is 28.1 Å². The number of carbonyl (C=O) groups excluding carboxylic acids is 1. The van der Waals surface area contributed by atoms with Gasteiger partial charge in [-0.2, -0.15) is 0 Å². The van der Waals surface area contributed by atoms with Crippen molar-refractivity contribution >= 4 is 45.1 Å². The average molecular weight is 347 g/mol. The minimum atomic E-state index is -0.0423. The number of carbonyl (C=O) groups is 1. The number of thioether (sulfide) groups is 1. The Morgan fingerprint density at radius 3 is 2.83 bits per heavy atom. The van der Waals surface area contributed by atoms with E-state index in [0.29, 0.717) is 21.1 Å². The van der Waals surface area contributed by atoms with Gasteiger partial charge in [0.25, 0.3) is 0 Å². The van der Waals surface area contributed by atoms with Gasteiger partial charge in [-0.1, -0.05) is 28.9 Å². The molecule has 0 radical (unpaired) electrons. The molecule has 0 bridgehead atoms. The SMILES string of the molecule is Cn1nnc(Br)c1C(=O)CSc1ccccc1Cl. The van der Waals surface area contributed by atoms with Crippen LogP contribution in [-0.4, -0.2) is 26.5 Å². The molecule has 1 aromatic heterocycles. The van der Waals surface area contributed by atoms with Gasteiger partial charge < -0.3 is 0 Å². The van der Waals surface area contributed by atoms with E-state index in [1.165, 1.54) is 16.4 Å². The molecule has 94 valence electrons. The summed E-state index contributed by atoms with van der Waals surface area (Å²) in [6, 6.07) is 7.43. The molecule has 0 unspecified atom stereocenters. The molecule has 2 aromatic rings. The predicted molar refractivity (Wildman–Crippen MR) is 75.2 cm³/mol. The summed E-state index contributed by atoms with van der Waals surface area (Å²) >= 11 is 10.6. The first-order valence-corrected chi connectivity index (χ1v) is 7.21. The monoisotopic (exact) mass is 345 g/mol. The lowest BCUT2D eigenvalue weighted by molar-refractivity contribution is 0.101. The number of rotatable bonds is 4. The van der Waals surface area contributed by atoms with Crippen LogP contribution in [0.5, 0.6) is 0 Å². The first-order valence-electron chi connectivity index (χ1n) is 5.05. The molecule has 0 aliphatic carbocycles. The second-order valence-electron chi connectivity index (χ2n) is 3.49. The highest BCUT2D eigenvalue weighted by Crippen LogP contribution is 2.27. The first kappa shape index (κ1) is 13.6. The number of halogens is 2. The van der Waals surface area contributed by atoms with E-state index in [0.717, 1.165) is 4.90 Å². The summed E-state index contributed by atoms with van der Waals surface area (Å²) < 4.78 is 1.93. The minimum absolute atomic E-state index is 0.0423. The van der Waals surface area contributed by atoms with Crippen LogP contribution < -0.4 is 0 Å². The summed E-state index contributed by atoms with van der Waals surface area (Å²) in [5.41, 5.74) is 0.467. The van der Waals surface area contributed by atoms with Crippen molar-refractivity contribution in [1.82, 2.24) is 15.0 Å². The Labute approximate surface area is 122 Å². The number of ketones is 1. The van der Waals surface area contributed by atoms with Crippen molar-refractivity contribution in [2.75, 3.05) is 5.75 Å². The first-order chi connectivity index (χ1) is 8.59. The number of hydrogen-bond acceptors (Lipinski definition) is 4. The van der Waals surface area contributed by atoms with Gasteiger partial charge in [0.1, 0.15) is 5.69 Å². The molecule has 18 heavy (non-hydrogen) atoms. The summed E-state index contributed by atoms with van der Waals surface area (Å²) in [5.74, 6) is 0.253. The summed E-state index contributed by atoms with van der Waals surface area (Å²) in [5, 5.41) is 8.21. The van der Waals surface area contributed by atoms with Gasteiger partial charge in [-0.15, -0.1) is 16.9 Å². The summed E-state index contributed by atoms with van der Waals surface area (Å²) in [6.45, 7) is 0. The van der Waals surface area contributed by atoms with Gasteiger partial charge in [0.15, 0.2) is 10.4 Å². The zero-order valence-corrected chi connectivity index (χ0v) is 12.6. The molecule has 0 spiro atoms. The largest absolute Gasteiger partial charge is 0.291 e. The molecule has 0 saturated carbocycles. The van der Waals surface area contributed by atoms with E-state index in [-0.39, 0.29) is 5.78 Å². The van der Waals surface area contributed by atoms with Gasteiger partial charge in [0.05, 0.1) is 10.8 Å². The second-order valence-corrected chi connectivity index (χ2v) is 5.67. The van der Waals surface area contributed by atoms with Crippen molar-refractivity contribution in [1.29, 1.82) is 0 Å². The molecule has 0 atom stereocenters. The fourth-order valence-electron chi connectivity index (χ4n) is 1.40. The van der Waals surface area contributed by atoms with Crippen molar-refractivity contribution in [2.24, 2.45) is 7.05 Å². The van der Waals surface area contributed by atoms with Crippen molar-refractivity contribution < 1.29 is 4.79 Å². The van der Waals surface area contributed by atoms with Crippen LogP contribution in [0.15, 0.2) is 33.8 Å². The van der Waals surface area contributed by atoms with Crippen molar-refractivity contribution in [2.45, 2.75) is 4.90 Å². The lowest BCUT2D eigenvalue weighted by atomic mass is 10.3. The molecule has 1 aromatic carbocycles. The van der Waals surface area contributed by atoms with Crippen LogP contribution in [0.4, 0.5) is 0 Å². The van der Waals surface area contributed by atoms with Crippen molar-refractivity contribution in [3.05, 3.63) is 39.6 Å². The minimum Gasteiger partial charge on any atom is -0.291 e. The Morgan fingerprint density at radius 2 is 2.22 bits per heavy atom. The normalized spacial score (nSPS) is 10.6. The van der Waals surface area contributed by atoms with Crippen molar-refractivity contribution in [3.63, 3.8) is 0 Å². The van der Waals surface area contributed by atoms with Crippen LogP contribution in [0.3, 0.4) is 0 Å². The number of aryl methyl sites for hydroxylation is 1. The average Bonchev–Trinajstić information content (AvgIpc) is 2.68. The molecule has 0 aliphatic rings. The van der Waals surface area contributed by atoms with Crippen LogP contribution in [0, 0.1) is 0 Å². The maximum absolute atomic E-state index is 12.0. The Bertz CT molecular complexity index is 568. The van der Waals surface area contributed by atoms with Gasteiger partial charge in [-0.3, -0.25) is 4.79 Å². The highest BCUT2D eigenvalue weighted by molar-refractivity contribution is 9.10. The third-order valence-corrected chi connectivity index (χ3v) is 4.29. The zero-order chi connectivity index (χ0) is 13.1. The molecule has 1 heterocycles. The Hall–Kier alpha value is -0.850. The third-order valence-electron chi connectivity index (χ3n) is 2.25. The van der Waals surface area contributed by atoms with Crippen LogP contribution in [-0.2, 0) is 7.05 Å². The van der Waals surface area contributed by atoms with E-state index in [2.05, 4.69) is 26.2 Å². The lowest BCUT2D eigenvalue weighted by Crippen LogP contribution is -2.09. The molecule has 4 nitrogen and oxygen atoms in total. The standard InChI is InChI=1S/C11H9BrClN3OS/c1-16-10(11(12)14-15-16)8(17)6-18-9-5-3-2-4-7(9)13/h2-5H,6H2,1H3. The fourth-order valence-corrected chi connectivity index (χ4v) is 3.05. The zero-order valence-electron chi connectivity index (χ0n) is 9.43. The number of aromatic nitrogens is 3. The number of nitrogens with zero attached hydrogens (tertiary/aromatic N) is 3. The van der Waals surface area contributed by atoms with Gasteiger partial charge in [0.2, 0.25) is 0 Å². The molecule has 0 aliphatic heterocycles. The quantitative estimate of drug-likeness (QED) is 0.630. The van der Waals surface area contributed by atoms with Crippen LogP contribution in [0.2, 0.25) is 5.02 Å². The van der Waals surface area contributed by atoms with Gasteiger partial charge in [0, 0.05) is 11.9 Å². The lowest BCUT2D eigenvalue weighted by Gasteiger charge is -2.03. The number of hydrogen-bond donors (Lipinski definition) is 0. The second kappa shape index (κ2) is 5.86. The summed E-state index contributed by atoms with van der Waals surface area (Å²) in [4.78, 5) is 12.9. The van der Waals surface area contributed by atoms with E-state index < -0.39 is 0 Å². The molecule has 0 fully saturated rings. The Balaban J connectivity index is 2.08. The van der Waals surface area contributed by atoms with Crippen LogP contribution in [0.1, 0.15) is 10.5 Å². The molecule has 0 amide bonds. The van der Waals surface area contributed by atoms with E-state index >= 15 is 0 Å².